The Morgan fingerprint density at radius 3 is 1.67 bits per heavy atom. The maximum atomic E-state index is 10.4. The molecule has 0 aromatic heterocycles. The topological polar surface area (TPSA) is 17.1 Å². The van der Waals surface area contributed by atoms with Gasteiger partial charge >= 0.3 is 0 Å². The van der Waals surface area contributed by atoms with Gasteiger partial charge in [0.15, 0.2) is 0 Å². The van der Waals surface area contributed by atoms with Crippen LogP contribution in [0.25, 0.3) is 0 Å². The van der Waals surface area contributed by atoms with Crippen LogP contribution in [0.1, 0.15) is 110 Å². The van der Waals surface area contributed by atoms with Crippen molar-refractivity contribution in [2.75, 3.05) is 0 Å². The third-order valence-corrected chi connectivity index (χ3v) is 4.87. The molecule has 0 aromatic rings. The summed E-state index contributed by atoms with van der Waals surface area (Å²) in [6.07, 6.45) is 20.6. The van der Waals surface area contributed by atoms with E-state index in [4.69, 9.17) is 0 Å². The first-order valence-electron chi connectivity index (χ1n) is 9.45. The Bertz CT molecular complexity index is 246. The van der Waals surface area contributed by atoms with Crippen molar-refractivity contribution in [2.45, 2.75) is 110 Å². The summed E-state index contributed by atoms with van der Waals surface area (Å²) in [4.78, 5) is 0. The van der Waals surface area contributed by atoms with Gasteiger partial charge in [-0.15, -0.1) is 0 Å². The predicted molar refractivity (Wildman–Crippen MR) is 98.3 cm³/mol. The molecule has 1 atom stereocenters. The van der Waals surface area contributed by atoms with Gasteiger partial charge < -0.3 is 0 Å². The quantitative estimate of drug-likeness (QED) is 0.234. The number of rotatable bonds is 16. The molecule has 2 heteroatoms. The first-order chi connectivity index (χ1) is 10.3. The van der Waals surface area contributed by atoms with E-state index >= 15 is 0 Å². The fourth-order valence-electron chi connectivity index (χ4n) is 2.94. The van der Waals surface area contributed by atoms with E-state index < -0.39 is 0 Å². The normalized spacial score (nSPS) is 12.3. The zero-order valence-electron chi connectivity index (χ0n) is 14.6. The van der Waals surface area contributed by atoms with E-state index in [9.17, 15) is 4.21 Å². The molecule has 126 valence electrons. The standard InChI is InChI=1S/C19H38OS/c1-3-5-6-7-8-9-10-11-12-13-14-15-16-19(4-2)17-18-21-20/h18-19H,3-17H2,1-2H3. The van der Waals surface area contributed by atoms with Crippen LogP contribution in [-0.2, 0) is 11.3 Å². The second kappa shape index (κ2) is 17.9. The van der Waals surface area contributed by atoms with Crippen molar-refractivity contribution in [2.24, 2.45) is 5.92 Å². The minimum absolute atomic E-state index is 0.631. The Morgan fingerprint density at radius 1 is 0.762 bits per heavy atom. The van der Waals surface area contributed by atoms with E-state index in [0.29, 0.717) is 11.3 Å². The van der Waals surface area contributed by atoms with Crippen molar-refractivity contribution < 1.29 is 4.21 Å². The van der Waals surface area contributed by atoms with Gasteiger partial charge in [-0.25, -0.2) is 4.21 Å². The van der Waals surface area contributed by atoms with Crippen molar-refractivity contribution in [1.29, 1.82) is 0 Å². The lowest BCUT2D eigenvalue weighted by Crippen LogP contribution is -1.99. The Balaban J connectivity index is 3.19. The highest BCUT2D eigenvalue weighted by atomic mass is 32.1. The average molecular weight is 315 g/mol. The first kappa shape index (κ1) is 20.9. The van der Waals surface area contributed by atoms with Gasteiger partial charge in [0, 0.05) is 5.37 Å². The molecule has 0 aliphatic rings. The Hall–Kier alpha value is -0.110. The van der Waals surface area contributed by atoms with E-state index in [2.05, 4.69) is 13.8 Å². The highest BCUT2D eigenvalue weighted by molar-refractivity contribution is 7.64. The fraction of sp³-hybridized carbons (Fsp3) is 0.947. The SMILES string of the molecule is CCCCCCCCCCCCCCC(CC)CC=S=O. The minimum Gasteiger partial charge on any atom is -0.213 e. The van der Waals surface area contributed by atoms with Gasteiger partial charge in [0.2, 0.25) is 0 Å². The molecular weight excluding hydrogens is 276 g/mol. The van der Waals surface area contributed by atoms with Crippen molar-refractivity contribution >= 4 is 16.6 Å². The van der Waals surface area contributed by atoms with E-state index in [1.807, 2.05) is 5.37 Å². The molecule has 0 spiro atoms. The molecule has 0 bridgehead atoms. The lowest BCUT2D eigenvalue weighted by molar-refractivity contribution is 0.452. The van der Waals surface area contributed by atoms with Gasteiger partial charge in [0.25, 0.3) is 0 Å². The molecule has 0 heterocycles. The average Bonchev–Trinajstić information content (AvgIpc) is 2.51. The molecule has 0 fully saturated rings. The predicted octanol–water partition coefficient (Wildman–Crippen LogP) is 6.51. The molecule has 0 radical (unpaired) electrons. The lowest BCUT2D eigenvalue weighted by Gasteiger charge is -2.11. The van der Waals surface area contributed by atoms with Crippen LogP contribution in [0, 0.1) is 5.92 Å². The molecule has 1 unspecified atom stereocenters. The van der Waals surface area contributed by atoms with E-state index in [1.165, 1.54) is 89.9 Å². The monoisotopic (exact) mass is 314 g/mol. The summed E-state index contributed by atoms with van der Waals surface area (Å²) in [5.41, 5.74) is 0. The summed E-state index contributed by atoms with van der Waals surface area (Å²) in [5.74, 6) is 0.745. The molecule has 0 amide bonds. The summed E-state index contributed by atoms with van der Waals surface area (Å²) >= 11 is 0.631. The Kier molecular flexibility index (Phi) is 17.8. The van der Waals surface area contributed by atoms with Crippen molar-refractivity contribution in [3.8, 4) is 0 Å². The Morgan fingerprint density at radius 2 is 1.24 bits per heavy atom. The lowest BCUT2D eigenvalue weighted by atomic mass is 9.95. The van der Waals surface area contributed by atoms with Crippen LogP contribution in [0.2, 0.25) is 0 Å². The summed E-state index contributed by atoms with van der Waals surface area (Å²) in [6.45, 7) is 4.53. The van der Waals surface area contributed by atoms with Crippen LogP contribution in [0.5, 0.6) is 0 Å². The first-order valence-corrected chi connectivity index (χ1v) is 10.3. The zero-order valence-corrected chi connectivity index (χ0v) is 15.4. The number of hydrogen-bond donors (Lipinski definition) is 0. The van der Waals surface area contributed by atoms with Crippen LogP contribution in [0.4, 0.5) is 0 Å². The second-order valence-corrected chi connectivity index (χ2v) is 6.98. The van der Waals surface area contributed by atoms with Crippen molar-refractivity contribution in [1.82, 2.24) is 0 Å². The molecule has 0 aliphatic carbocycles. The molecule has 21 heavy (non-hydrogen) atoms. The molecule has 0 saturated heterocycles. The van der Waals surface area contributed by atoms with E-state index in [1.54, 1.807) is 0 Å². The molecule has 0 aromatic carbocycles. The van der Waals surface area contributed by atoms with Gasteiger partial charge in [-0.05, 0) is 12.3 Å². The highest BCUT2D eigenvalue weighted by Gasteiger charge is 2.03. The summed E-state index contributed by atoms with van der Waals surface area (Å²) in [6, 6.07) is 0. The largest absolute Gasteiger partial charge is 0.213 e. The minimum atomic E-state index is 0.631. The number of hydrogen-bond acceptors (Lipinski definition) is 1. The summed E-state index contributed by atoms with van der Waals surface area (Å²) in [5, 5.41) is 1.83. The van der Waals surface area contributed by atoms with E-state index in [0.717, 1.165) is 12.3 Å². The van der Waals surface area contributed by atoms with E-state index in [-0.39, 0.29) is 0 Å². The van der Waals surface area contributed by atoms with Crippen LogP contribution >= 0.6 is 0 Å². The maximum absolute atomic E-state index is 10.4. The third-order valence-electron chi connectivity index (χ3n) is 4.54. The zero-order chi connectivity index (χ0) is 15.6. The van der Waals surface area contributed by atoms with Crippen LogP contribution < -0.4 is 0 Å². The van der Waals surface area contributed by atoms with Gasteiger partial charge in [-0.2, -0.15) is 0 Å². The highest BCUT2D eigenvalue weighted by Crippen LogP contribution is 2.17. The van der Waals surface area contributed by atoms with Gasteiger partial charge in [0.1, 0.15) is 0 Å². The van der Waals surface area contributed by atoms with Gasteiger partial charge in [-0.3, -0.25) is 0 Å². The molecule has 0 N–H and O–H groups in total. The second-order valence-electron chi connectivity index (χ2n) is 6.45. The van der Waals surface area contributed by atoms with Crippen molar-refractivity contribution in [3.63, 3.8) is 0 Å². The van der Waals surface area contributed by atoms with Gasteiger partial charge in [-0.1, -0.05) is 104 Å². The maximum Gasteiger partial charge on any atom is 0.0841 e. The molecule has 0 aliphatic heterocycles. The summed E-state index contributed by atoms with van der Waals surface area (Å²) in [7, 11) is 0. The fourth-order valence-corrected chi connectivity index (χ4v) is 3.29. The van der Waals surface area contributed by atoms with Gasteiger partial charge in [0.05, 0.1) is 11.3 Å². The van der Waals surface area contributed by atoms with Crippen LogP contribution in [-0.4, -0.2) is 9.58 Å². The molecular formula is C19H38OS. The number of unbranched alkanes of at least 4 members (excludes halogenated alkanes) is 11. The molecule has 0 rings (SSSR count). The smallest absolute Gasteiger partial charge is 0.0841 e. The molecule has 1 nitrogen and oxygen atoms in total. The third kappa shape index (κ3) is 16.1. The van der Waals surface area contributed by atoms with Crippen molar-refractivity contribution in [3.05, 3.63) is 0 Å². The van der Waals surface area contributed by atoms with Crippen LogP contribution in [0.3, 0.4) is 0 Å². The van der Waals surface area contributed by atoms with Crippen LogP contribution in [0.15, 0.2) is 0 Å². The summed E-state index contributed by atoms with van der Waals surface area (Å²) < 4.78 is 10.4. The Labute approximate surface area is 137 Å². The molecule has 0 saturated carbocycles.